The number of nitrogens with two attached hydrogens (primary N) is 1. The van der Waals surface area contributed by atoms with Gasteiger partial charge in [-0.05, 0) is 26.0 Å². The van der Waals surface area contributed by atoms with E-state index in [1.54, 1.807) is 6.26 Å². The molecule has 0 bridgehead atoms. The van der Waals surface area contributed by atoms with E-state index in [0.29, 0.717) is 6.61 Å². The number of hydrazine groups is 1. The third-order valence-corrected chi connectivity index (χ3v) is 2.91. The van der Waals surface area contributed by atoms with Gasteiger partial charge in [-0.3, -0.25) is 5.84 Å². The van der Waals surface area contributed by atoms with Gasteiger partial charge >= 0.3 is 0 Å². The summed E-state index contributed by atoms with van der Waals surface area (Å²) in [6.45, 7) is 4.51. The smallest absolute Gasteiger partial charge is 0.124 e. The van der Waals surface area contributed by atoms with Gasteiger partial charge in [0.25, 0.3) is 0 Å². The molecule has 2 rings (SSSR count). The van der Waals surface area contributed by atoms with Gasteiger partial charge in [0, 0.05) is 11.1 Å². The average Bonchev–Trinajstić information content (AvgIpc) is 2.79. The van der Waals surface area contributed by atoms with E-state index in [1.807, 2.05) is 44.2 Å². The molecule has 0 spiro atoms. The molecule has 0 amide bonds. The first-order valence-electron chi connectivity index (χ1n) is 5.99. The summed E-state index contributed by atoms with van der Waals surface area (Å²) in [5.41, 5.74) is 4.84. The lowest BCUT2D eigenvalue weighted by Crippen LogP contribution is -2.29. The molecule has 1 heterocycles. The van der Waals surface area contributed by atoms with Crippen LogP contribution in [0.15, 0.2) is 41.0 Å². The maximum atomic E-state index is 5.68. The van der Waals surface area contributed by atoms with E-state index >= 15 is 0 Å². The minimum Gasteiger partial charge on any atom is -0.494 e. The Labute approximate surface area is 107 Å². The van der Waals surface area contributed by atoms with Gasteiger partial charge in [0.05, 0.1) is 18.9 Å². The Bertz CT molecular complexity index is 508. The number of ether oxygens (including phenoxy) is 1. The molecule has 2 aromatic rings. The molecule has 1 unspecified atom stereocenters. The summed E-state index contributed by atoms with van der Waals surface area (Å²) in [4.78, 5) is 0. The highest BCUT2D eigenvalue weighted by atomic mass is 16.5. The molecule has 0 saturated carbocycles. The summed E-state index contributed by atoms with van der Waals surface area (Å²) in [6, 6.07) is 9.65. The van der Waals surface area contributed by atoms with Crippen LogP contribution in [0.3, 0.4) is 0 Å². The second kappa shape index (κ2) is 5.71. The van der Waals surface area contributed by atoms with E-state index in [-0.39, 0.29) is 6.04 Å². The molecule has 0 aliphatic heterocycles. The number of aryl methyl sites for hydroxylation is 1. The van der Waals surface area contributed by atoms with Crippen LogP contribution in [0.2, 0.25) is 0 Å². The normalized spacial score (nSPS) is 12.4. The number of nitrogens with one attached hydrogen (secondary N) is 1. The summed E-state index contributed by atoms with van der Waals surface area (Å²) < 4.78 is 11.0. The number of benzene rings is 1. The SMILES string of the molecule is CCOc1ccccc1C(NN)c1ccoc1C. The molecule has 4 nitrogen and oxygen atoms in total. The van der Waals surface area contributed by atoms with Gasteiger partial charge in [0.1, 0.15) is 11.5 Å². The first kappa shape index (κ1) is 12.7. The van der Waals surface area contributed by atoms with Crippen LogP contribution in [0, 0.1) is 6.92 Å². The Balaban J connectivity index is 2.42. The minimum absolute atomic E-state index is 0.133. The van der Waals surface area contributed by atoms with Gasteiger partial charge in [0.2, 0.25) is 0 Å². The lowest BCUT2D eigenvalue weighted by molar-refractivity contribution is 0.333. The van der Waals surface area contributed by atoms with Gasteiger partial charge in [-0.15, -0.1) is 0 Å². The quantitative estimate of drug-likeness (QED) is 0.628. The molecule has 18 heavy (non-hydrogen) atoms. The highest BCUT2D eigenvalue weighted by Gasteiger charge is 2.19. The molecule has 3 N–H and O–H groups in total. The van der Waals surface area contributed by atoms with Crippen LogP contribution in [0.5, 0.6) is 5.75 Å². The van der Waals surface area contributed by atoms with Crippen LogP contribution >= 0.6 is 0 Å². The van der Waals surface area contributed by atoms with Gasteiger partial charge in [-0.2, -0.15) is 0 Å². The van der Waals surface area contributed by atoms with Crippen LogP contribution in [0.25, 0.3) is 0 Å². The zero-order valence-electron chi connectivity index (χ0n) is 10.6. The van der Waals surface area contributed by atoms with Crippen molar-refractivity contribution in [1.29, 1.82) is 0 Å². The van der Waals surface area contributed by atoms with Crippen molar-refractivity contribution in [1.82, 2.24) is 5.43 Å². The van der Waals surface area contributed by atoms with Crippen LogP contribution in [-0.4, -0.2) is 6.61 Å². The number of hydrogen-bond acceptors (Lipinski definition) is 4. The third kappa shape index (κ3) is 2.39. The average molecular weight is 246 g/mol. The van der Waals surface area contributed by atoms with E-state index in [4.69, 9.17) is 15.0 Å². The van der Waals surface area contributed by atoms with Crippen molar-refractivity contribution >= 4 is 0 Å². The van der Waals surface area contributed by atoms with E-state index in [9.17, 15) is 0 Å². The number of para-hydroxylation sites is 1. The fraction of sp³-hybridized carbons (Fsp3) is 0.286. The molecular weight excluding hydrogens is 228 g/mol. The van der Waals surface area contributed by atoms with Crippen molar-refractivity contribution in [2.45, 2.75) is 19.9 Å². The van der Waals surface area contributed by atoms with E-state index in [2.05, 4.69) is 5.43 Å². The zero-order valence-corrected chi connectivity index (χ0v) is 10.6. The number of furan rings is 1. The summed E-state index contributed by atoms with van der Waals surface area (Å²) in [6.07, 6.45) is 1.66. The number of rotatable bonds is 5. The molecule has 0 aliphatic carbocycles. The van der Waals surface area contributed by atoms with Crippen molar-refractivity contribution < 1.29 is 9.15 Å². The number of hydrogen-bond donors (Lipinski definition) is 2. The second-order valence-electron chi connectivity index (χ2n) is 4.00. The Morgan fingerprint density at radius 2 is 2.06 bits per heavy atom. The standard InChI is InChI=1S/C14H18N2O2/c1-3-17-13-7-5-4-6-12(13)14(16-15)11-8-9-18-10(11)2/h4-9,14,16H,3,15H2,1-2H3. The molecule has 4 heteroatoms. The van der Waals surface area contributed by atoms with Crippen molar-refractivity contribution in [3.05, 3.63) is 53.5 Å². The van der Waals surface area contributed by atoms with Crippen LogP contribution in [-0.2, 0) is 0 Å². The van der Waals surface area contributed by atoms with Crippen LogP contribution in [0.4, 0.5) is 0 Å². The summed E-state index contributed by atoms with van der Waals surface area (Å²) in [5, 5.41) is 0. The molecule has 1 aromatic carbocycles. The first-order valence-corrected chi connectivity index (χ1v) is 5.99. The van der Waals surface area contributed by atoms with Crippen molar-refractivity contribution in [2.75, 3.05) is 6.61 Å². The molecule has 0 aliphatic rings. The Hall–Kier alpha value is -1.78. The monoisotopic (exact) mass is 246 g/mol. The Morgan fingerprint density at radius 3 is 2.67 bits per heavy atom. The second-order valence-corrected chi connectivity index (χ2v) is 4.00. The van der Waals surface area contributed by atoms with E-state index in [0.717, 1.165) is 22.6 Å². The molecule has 96 valence electrons. The first-order chi connectivity index (χ1) is 8.77. The van der Waals surface area contributed by atoms with Crippen LogP contribution in [0.1, 0.15) is 29.9 Å². The predicted molar refractivity (Wildman–Crippen MR) is 70.2 cm³/mol. The summed E-state index contributed by atoms with van der Waals surface area (Å²) >= 11 is 0. The van der Waals surface area contributed by atoms with Gasteiger partial charge in [0.15, 0.2) is 0 Å². The van der Waals surface area contributed by atoms with Crippen molar-refractivity contribution in [3.63, 3.8) is 0 Å². The summed E-state index contributed by atoms with van der Waals surface area (Å²) in [7, 11) is 0. The highest BCUT2D eigenvalue weighted by molar-refractivity contribution is 5.42. The largest absolute Gasteiger partial charge is 0.494 e. The molecule has 0 radical (unpaired) electrons. The van der Waals surface area contributed by atoms with E-state index < -0.39 is 0 Å². The Kier molecular flexibility index (Phi) is 4.02. The van der Waals surface area contributed by atoms with Gasteiger partial charge in [-0.1, -0.05) is 18.2 Å². The zero-order chi connectivity index (χ0) is 13.0. The molecule has 1 aromatic heterocycles. The van der Waals surface area contributed by atoms with Crippen molar-refractivity contribution in [3.8, 4) is 5.75 Å². The Morgan fingerprint density at radius 1 is 1.28 bits per heavy atom. The fourth-order valence-electron chi connectivity index (χ4n) is 2.05. The van der Waals surface area contributed by atoms with Crippen molar-refractivity contribution in [2.24, 2.45) is 5.84 Å². The lowest BCUT2D eigenvalue weighted by Gasteiger charge is -2.19. The molecule has 1 atom stereocenters. The van der Waals surface area contributed by atoms with Gasteiger partial charge < -0.3 is 9.15 Å². The fourth-order valence-corrected chi connectivity index (χ4v) is 2.05. The molecule has 0 fully saturated rings. The third-order valence-electron chi connectivity index (χ3n) is 2.91. The van der Waals surface area contributed by atoms with Gasteiger partial charge in [-0.25, -0.2) is 5.43 Å². The summed E-state index contributed by atoms with van der Waals surface area (Å²) in [5.74, 6) is 7.37. The molecular formula is C14H18N2O2. The minimum atomic E-state index is -0.133. The predicted octanol–water partition coefficient (Wildman–Crippen LogP) is 2.54. The highest BCUT2D eigenvalue weighted by Crippen LogP contribution is 2.31. The van der Waals surface area contributed by atoms with Crippen LogP contribution < -0.4 is 16.0 Å². The maximum absolute atomic E-state index is 5.68. The molecule has 0 saturated heterocycles. The van der Waals surface area contributed by atoms with E-state index in [1.165, 1.54) is 0 Å². The maximum Gasteiger partial charge on any atom is 0.124 e. The lowest BCUT2D eigenvalue weighted by atomic mass is 9.99. The topological polar surface area (TPSA) is 60.4 Å².